The van der Waals surface area contributed by atoms with E-state index >= 15 is 0 Å². The van der Waals surface area contributed by atoms with Crippen LogP contribution < -0.4 is 5.32 Å². The first-order chi connectivity index (χ1) is 16.6. The van der Waals surface area contributed by atoms with E-state index in [1.165, 1.54) is 0 Å². The molecule has 34 heavy (non-hydrogen) atoms. The minimum absolute atomic E-state index is 0.110. The summed E-state index contributed by atoms with van der Waals surface area (Å²) in [6.45, 7) is -0.110. The molecule has 0 bridgehead atoms. The van der Waals surface area contributed by atoms with Crippen LogP contribution in [0.25, 0.3) is 33.0 Å². The van der Waals surface area contributed by atoms with Crippen molar-refractivity contribution in [3.8, 4) is 11.1 Å². The molecule has 0 fully saturated rings. The van der Waals surface area contributed by atoms with Gasteiger partial charge < -0.3 is 24.6 Å². The van der Waals surface area contributed by atoms with Crippen molar-refractivity contribution >= 4 is 33.9 Å². The van der Waals surface area contributed by atoms with Crippen molar-refractivity contribution in [2.45, 2.75) is 19.1 Å². The lowest BCUT2D eigenvalue weighted by Gasteiger charge is -2.14. The average Bonchev–Trinajstić information content (AvgIpc) is 3.49. The number of ether oxygens (including phenoxy) is 1. The fourth-order valence-corrected chi connectivity index (χ4v) is 4.04. The summed E-state index contributed by atoms with van der Waals surface area (Å²) in [6, 6.07) is 23.9. The molecule has 0 aliphatic carbocycles. The predicted molar refractivity (Wildman–Crippen MR) is 128 cm³/mol. The van der Waals surface area contributed by atoms with Gasteiger partial charge in [0, 0.05) is 28.9 Å². The molecule has 7 nitrogen and oxygen atoms in total. The largest absolute Gasteiger partial charge is 0.480 e. The number of carbonyl (C=O) groups is 2. The molecule has 1 amide bonds. The van der Waals surface area contributed by atoms with Crippen molar-refractivity contribution in [3.05, 3.63) is 96.4 Å². The van der Waals surface area contributed by atoms with E-state index in [0.29, 0.717) is 11.3 Å². The van der Waals surface area contributed by atoms with Gasteiger partial charge in [-0.25, -0.2) is 9.59 Å². The minimum Gasteiger partial charge on any atom is -0.480 e. The van der Waals surface area contributed by atoms with E-state index in [2.05, 4.69) is 16.4 Å². The van der Waals surface area contributed by atoms with Gasteiger partial charge in [0.05, 0.1) is 0 Å². The monoisotopic (exact) mass is 454 g/mol. The summed E-state index contributed by atoms with van der Waals surface area (Å²) < 4.78 is 11.0. The topological polar surface area (TPSA) is 105 Å². The zero-order valence-electron chi connectivity index (χ0n) is 18.2. The minimum atomic E-state index is -1.13. The lowest BCUT2D eigenvalue weighted by molar-refractivity contribution is -0.139. The number of hydrogen-bond acceptors (Lipinski definition) is 4. The maximum Gasteiger partial charge on any atom is 0.408 e. The quantitative estimate of drug-likeness (QED) is 0.301. The molecule has 7 heteroatoms. The number of nitrogens with one attached hydrogen (secondary N) is 2. The first kappa shape index (κ1) is 21.3. The van der Waals surface area contributed by atoms with Gasteiger partial charge in [0.1, 0.15) is 17.4 Å². The number of benzene rings is 3. The van der Waals surface area contributed by atoms with E-state index in [-0.39, 0.29) is 13.0 Å². The lowest BCUT2D eigenvalue weighted by Crippen LogP contribution is -2.42. The van der Waals surface area contributed by atoms with E-state index in [4.69, 9.17) is 9.15 Å². The van der Waals surface area contributed by atoms with Crippen LogP contribution in [-0.4, -0.2) is 28.2 Å². The van der Waals surface area contributed by atoms with Gasteiger partial charge in [-0.2, -0.15) is 0 Å². The second-order valence-corrected chi connectivity index (χ2v) is 8.01. The van der Waals surface area contributed by atoms with E-state index in [1.54, 1.807) is 0 Å². The number of alkyl carbamates (subject to hydrolysis) is 1. The molecule has 0 spiro atoms. The number of rotatable bonds is 7. The maximum absolute atomic E-state index is 12.2. The molecule has 1 unspecified atom stereocenters. The van der Waals surface area contributed by atoms with E-state index < -0.39 is 18.1 Å². The average molecular weight is 454 g/mol. The molecule has 0 aliphatic heterocycles. The number of aromatic amines is 1. The third kappa shape index (κ3) is 4.49. The molecule has 3 aromatic carbocycles. The number of furan rings is 1. The highest BCUT2D eigenvalue weighted by molar-refractivity contribution is 5.97. The summed E-state index contributed by atoms with van der Waals surface area (Å²) in [5.74, 6) is -0.661. The number of aliphatic carboxylic acids is 1. The van der Waals surface area contributed by atoms with Crippen LogP contribution in [0.4, 0.5) is 4.79 Å². The Labute approximate surface area is 195 Å². The van der Waals surface area contributed by atoms with Crippen molar-refractivity contribution in [1.82, 2.24) is 10.3 Å². The standard InChI is InChI=1S/C27H22N2O5/c30-26(31)24(13-17-5-2-1-3-6-17)29-27(32)33-16-20-15-19-14-18(9-10-25(19)34-20)21-7-4-8-23-22(21)11-12-28-23/h1-12,14-15,24,28H,13,16H2,(H,29,32)(H,30,31). The molecular formula is C27H22N2O5. The second-order valence-electron chi connectivity index (χ2n) is 8.01. The molecular weight excluding hydrogens is 432 g/mol. The summed E-state index contributed by atoms with van der Waals surface area (Å²) >= 11 is 0. The molecule has 0 radical (unpaired) electrons. The van der Waals surface area contributed by atoms with E-state index in [0.717, 1.165) is 33.0 Å². The molecule has 0 saturated carbocycles. The van der Waals surface area contributed by atoms with Crippen molar-refractivity contribution in [2.75, 3.05) is 0 Å². The fraction of sp³-hybridized carbons (Fsp3) is 0.111. The summed E-state index contributed by atoms with van der Waals surface area (Å²) in [5.41, 5.74) is 4.71. The number of carbonyl (C=O) groups excluding carboxylic acids is 1. The summed E-state index contributed by atoms with van der Waals surface area (Å²) in [4.78, 5) is 27.0. The summed E-state index contributed by atoms with van der Waals surface area (Å²) in [6.07, 6.45) is 1.26. The van der Waals surface area contributed by atoms with Gasteiger partial charge >= 0.3 is 12.1 Å². The maximum atomic E-state index is 12.2. The van der Waals surface area contributed by atoms with Crippen LogP contribution in [0.3, 0.4) is 0 Å². The molecule has 5 aromatic rings. The van der Waals surface area contributed by atoms with Gasteiger partial charge in [-0.3, -0.25) is 0 Å². The number of carboxylic acid groups (broad SMARTS) is 1. The molecule has 3 N–H and O–H groups in total. The number of carboxylic acids is 1. The summed E-state index contributed by atoms with van der Waals surface area (Å²) in [5, 5.41) is 13.9. The van der Waals surface area contributed by atoms with Crippen LogP contribution in [0.2, 0.25) is 0 Å². The van der Waals surface area contributed by atoms with Gasteiger partial charge in [-0.1, -0.05) is 48.5 Å². The number of hydrogen-bond donors (Lipinski definition) is 3. The first-order valence-corrected chi connectivity index (χ1v) is 10.9. The lowest BCUT2D eigenvalue weighted by atomic mass is 10.0. The summed E-state index contributed by atoms with van der Waals surface area (Å²) in [7, 11) is 0. The Hall–Kier alpha value is -4.52. The third-order valence-electron chi connectivity index (χ3n) is 5.69. The molecule has 2 heterocycles. The molecule has 0 aliphatic rings. The van der Waals surface area contributed by atoms with Crippen molar-refractivity contribution < 1.29 is 23.8 Å². The molecule has 0 saturated heterocycles. The van der Waals surface area contributed by atoms with Crippen molar-refractivity contribution in [1.29, 1.82) is 0 Å². The normalized spacial score (nSPS) is 12.0. The zero-order chi connectivity index (χ0) is 23.5. The van der Waals surface area contributed by atoms with Crippen LogP contribution in [0.5, 0.6) is 0 Å². The Kier molecular flexibility index (Phi) is 5.74. The Balaban J connectivity index is 1.26. The van der Waals surface area contributed by atoms with Gasteiger partial charge in [-0.05, 0) is 47.0 Å². The Morgan fingerprint density at radius 1 is 1.00 bits per heavy atom. The van der Waals surface area contributed by atoms with Gasteiger partial charge in [0.15, 0.2) is 6.61 Å². The van der Waals surface area contributed by atoms with Gasteiger partial charge in [-0.15, -0.1) is 0 Å². The first-order valence-electron chi connectivity index (χ1n) is 10.9. The Morgan fingerprint density at radius 3 is 2.68 bits per heavy atom. The highest BCUT2D eigenvalue weighted by Gasteiger charge is 2.21. The smallest absolute Gasteiger partial charge is 0.408 e. The van der Waals surface area contributed by atoms with Crippen LogP contribution in [0.1, 0.15) is 11.3 Å². The van der Waals surface area contributed by atoms with Crippen LogP contribution in [-0.2, 0) is 22.6 Å². The SMILES string of the molecule is O=C(NC(Cc1ccccc1)C(=O)O)OCc1cc2cc(-c3cccc4[nH]ccc34)ccc2o1. The van der Waals surface area contributed by atoms with Crippen LogP contribution in [0, 0.1) is 0 Å². The zero-order valence-corrected chi connectivity index (χ0v) is 18.2. The highest BCUT2D eigenvalue weighted by atomic mass is 16.6. The Bertz CT molecular complexity index is 1470. The highest BCUT2D eigenvalue weighted by Crippen LogP contribution is 2.31. The number of amides is 1. The number of fused-ring (bicyclic) bond motifs is 2. The number of aromatic nitrogens is 1. The van der Waals surface area contributed by atoms with E-state index in [1.807, 2.05) is 79.0 Å². The van der Waals surface area contributed by atoms with Gasteiger partial charge in [0.25, 0.3) is 0 Å². The van der Waals surface area contributed by atoms with Gasteiger partial charge in [0.2, 0.25) is 0 Å². The molecule has 1 atom stereocenters. The Morgan fingerprint density at radius 2 is 1.85 bits per heavy atom. The third-order valence-corrected chi connectivity index (χ3v) is 5.69. The van der Waals surface area contributed by atoms with Crippen LogP contribution in [0.15, 0.2) is 89.5 Å². The van der Waals surface area contributed by atoms with E-state index in [9.17, 15) is 14.7 Å². The van der Waals surface area contributed by atoms with Crippen molar-refractivity contribution in [2.24, 2.45) is 0 Å². The van der Waals surface area contributed by atoms with Crippen molar-refractivity contribution in [3.63, 3.8) is 0 Å². The molecule has 5 rings (SSSR count). The number of H-pyrrole nitrogens is 1. The van der Waals surface area contributed by atoms with Crippen LogP contribution >= 0.6 is 0 Å². The fourth-order valence-electron chi connectivity index (χ4n) is 4.04. The second kappa shape index (κ2) is 9.15. The predicted octanol–water partition coefficient (Wildman–Crippen LogP) is 5.50. The molecule has 2 aromatic heterocycles. The molecule has 170 valence electrons.